The highest BCUT2D eigenvalue weighted by Crippen LogP contribution is 2.36. The molecular formula is C14H25N3S. The van der Waals surface area contributed by atoms with Crippen LogP contribution in [0.2, 0.25) is 0 Å². The zero-order valence-corrected chi connectivity index (χ0v) is 12.9. The average molecular weight is 267 g/mol. The second-order valence-corrected chi connectivity index (χ2v) is 6.63. The molecule has 2 heterocycles. The second kappa shape index (κ2) is 5.68. The summed E-state index contributed by atoms with van der Waals surface area (Å²) in [6, 6.07) is 0. The van der Waals surface area contributed by atoms with Gasteiger partial charge in [-0.25, -0.2) is 4.98 Å². The van der Waals surface area contributed by atoms with Crippen LogP contribution in [-0.4, -0.2) is 36.6 Å². The molecule has 0 radical (unpaired) electrons. The normalized spacial score (nSPS) is 26.2. The number of aromatic nitrogens is 1. The van der Waals surface area contributed by atoms with Gasteiger partial charge in [0.15, 0.2) is 0 Å². The van der Waals surface area contributed by atoms with Gasteiger partial charge >= 0.3 is 0 Å². The predicted octanol–water partition coefficient (Wildman–Crippen LogP) is 2.68. The summed E-state index contributed by atoms with van der Waals surface area (Å²) in [7, 11) is 2.22. The topological polar surface area (TPSA) is 28.2 Å². The number of thiazole rings is 1. The summed E-state index contributed by atoms with van der Waals surface area (Å²) in [6.07, 6.45) is 3.63. The molecule has 18 heavy (non-hydrogen) atoms. The van der Waals surface area contributed by atoms with Crippen LogP contribution in [0.5, 0.6) is 0 Å². The maximum Gasteiger partial charge on any atom is 0.113 e. The summed E-state index contributed by atoms with van der Waals surface area (Å²) in [4.78, 5) is 8.63. The first-order chi connectivity index (χ1) is 8.57. The number of likely N-dealkylation sites (tertiary alicyclic amines) is 1. The van der Waals surface area contributed by atoms with Crippen LogP contribution in [0.1, 0.15) is 41.8 Å². The van der Waals surface area contributed by atoms with Gasteiger partial charge in [-0.1, -0.05) is 6.92 Å². The van der Waals surface area contributed by atoms with Crippen LogP contribution in [0.3, 0.4) is 0 Å². The van der Waals surface area contributed by atoms with Gasteiger partial charge < -0.3 is 10.2 Å². The Bertz CT molecular complexity index is 382. The molecular weight excluding hydrogens is 242 g/mol. The van der Waals surface area contributed by atoms with E-state index < -0.39 is 0 Å². The molecule has 102 valence electrons. The fraction of sp³-hybridized carbons (Fsp3) is 0.786. The maximum atomic E-state index is 4.83. The third kappa shape index (κ3) is 2.76. The van der Waals surface area contributed by atoms with Crippen molar-refractivity contribution in [1.82, 2.24) is 15.2 Å². The minimum atomic E-state index is 0.114. The summed E-state index contributed by atoms with van der Waals surface area (Å²) in [6.45, 7) is 9.88. The van der Waals surface area contributed by atoms with E-state index in [9.17, 15) is 0 Å². The lowest BCUT2D eigenvalue weighted by Crippen LogP contribution is -2.43. The van der Waals surface area contributed by atoms with Crippen molar-refractivity contribution in [3.05, 3.63) is 15.6 Å². The van der Waals surface area contributed by atoms with Crippen molar-refractivity contribution in [3.8, 4) is 0 Å². The van der Waals surface area contributed by atoms with Crippen LogP contribution >= 0.6 is 11.3 Å². The van der Waals surface area contributed by atoms with Gasteiger partial charge in [0.05, 0.1) is 11.2 Å². The molecule has 1 saturated heterocycles. The number of hydrogen-bond donors (Lipinski definition) is 1. The lowest BCUT2D eigenvalue weighted by atomic mass is 9.91. The monoisotopic (exact) mass is 267 g/mol. The van der Waals surface area contributed by atoms with Crippen molar-refractivity contribution in [1.29, 1.82) is 0 Å². The molecule has 1 aromatic heterocycles. The van der Waals surface area contributed by atoms with Crippen molar-refractivity contribution in [2.75, 3.05) is 26.7 Å². The van der Waals surface area contributed by atoms with Gasteiger partial charge in [-0.3, -0.25) is 0 Å². The van der Waals surface area contributed by atoms with E-state index in [1.165, 1.54) is 41.4 Å². The van der Waals surface area contributed by atoms with Crippen LogP contribution in [0.4, 0.5) is 0 Å². The third-order valence-corrected chi connectivity index (χ3v) is 5.29. The Kier molecular flexibility index (Phi) is 4.41. The first kappa shape index (κ1) is 14.0. The molecule has 0 aliphatic carbocycles. The van der Waals surface area contributed by atoms with Crippen molar-refractivity contribution < 1.29 is 0 Å². The highest BCUT2D eigenvalue weighted by atomic mass is 32.1. The van der Waals surface area contributed by atoms with Crippen LogP contribution in [-0.2, 0) is 5.54 Å². The molecule has 1 aliphatic heterocycles. The Labute approximate surface area is 115 Å². The molecule has 0 aromatic carbocycles. The lowest BCUT2D eigenvalue weighted by molar-refractivity contribution is 0.284. The molecule has 4 heteroatoms. The van der Waals surface area contributed by atoms with E-state index in [2.05, 4.69) is 38.0 Å². The van der Waals surface area contributed by atoms with E-state index in [1.807, 2.05) is 11.3 Å². The molecule has 1 N–H and O–H groups in total. The number of aryl methyl sites for hydroxylation is 2. The Balaban J connectivity index is 2.30. The van der Waals surface area contributed by atoms with E-state index in [4.69, 9.17) is 4.98 Å². The molecule has 1 fully saturated rings. The predicted molar refractivity (Wildman–Crippen MR) is 78.3 cm³/mol. The zero-order chi connectivity index (χ0) is 13.2. The molecule has 1 unspecified atom stereocenters. The Morgan fingerprint density at radius 1 is 1.33 bits per heavy atom. The summed E-state index contributed by atoms with van der Waals surface area (Å²) in [5.41, 5.74) is 1.31. The standard InChI is InChI=1S/C14H25N3S/c1-5-15-14(7-6-9-17(4)10-8-14)13-16-11(2)12(3)18-13/h15H,5-10H2,1-4H3. The number of nitrogens with one attached hydrogen (secondary N) is 1. The molecule has 1 aromatic rings. The average Bonchev–Trinajstić information content (AvgIpc) is 2.56. The second-order valence-electron chi connectivity index (χ2n) is 5.43. The SMILES string of the molecule is CCNC1(c2nc(C)c(C)s2)CCCN(C)CC1. The highest BCUT2D eigenvalue weighted by molar-refractivity contribution is 7.11. The van der Waals surface area contributed by atoms with Gasteiger partial charge in [-0.05, 0) is 53.2 Å². The molecule has 1 aliphatic rings. The molecule has 0 spiro atoms. The van der Waals surface area contributed by atoms with Gasteiger partial charge in [-0.2, -0.15) is 0 Å². The maximum absolute atomic E-state index is 4.83. The smallest absolute Gasteiger partial charge is 0.113 e. The summed E-state index contributed by atoms with van der Waals surface area (Å²) >= 11 is 1.88. The summed E-state index contributed by atoms with van der Waals surface area (Å²) in [5.74, 6) is 0. The van der Waals surface area contributed by atoms with Gasteiger partial charge in [-0.15, -0.1) is 11.3 Å². The summed E-state index contributed by atoms with van der Waals surface area (Å²) in [5, 5.41) is 5.04. The molecule has 3 nitrogen and oxygen atoms in total. The molecule has 2 rings (SSSR count). The lowest BCUT2D eigenvalue weighted by Gasteiger charge is -2.31. The summed E-state index contributed by atoms with van der Waals surface area (Å²) < 4.78 is 0. The van der Waals surface area contributed by atoms with Crippen LogP contribution in [0.25, 0.3) is 0 Å². The first-order valence-electron chi connectivity index (χ1n) is 6.95. The number of rotatable bonds is 3. The molecule has 0 saturated carbocycles. The largest absolute Gasteiger partial charge is 0.306 e. The fourth-order valence-electron chi connectivity index (χ4n) is 2.75. The molecule has 0 bridgehead atoms. The minimum Gasteiger partial charge on any atom is -0.306 e. The van der Waals surface area contributed by atoms with E-state index in [0.717, 1.165) is 13.1 Å². The Hall–Kier alpha value is -0.450. The van der Waals surface area contributed by atoms with Gasteiger partial charge in [0, 0.05) is 11.4 Å². The van der Waals surface area contributed by atoms with Crippen molar-refractivity contribution in [2.45, 2.75) is 45.6 Å². The van der Waals surface area contributed by atoms with Crippen LogP contribution in [0, 0.1) is 13.8 Å². The van der Waals surface area contributed by atoms with Crippen molar-refractivity contribution >= 4 is 11.3 Å². The van der Waals surface area contributed by atoms with Crippen molar-refractivity contribution in [2.24, 2.45) is 0 Å². The van der Waals surface area contributed by atoms with Crippen LogP contribution in [0.15, 0.2) is 0 Å². The van der Waals surface area contributed by atoms with E-state index in [-0.39, 0.29) is 5.54 Å². The van der Waals surface area contributed by atoms with Gasteiger partial charge in [0.2, 0.25) is 0 Å². The van der Waals surface area contributed by atoms with E-state index in [0.29, 0.717) is 0 Å². The Morgan fingerprint density at radius 2 is 2.11 bits per heavy atom. The molecule has 0 amide bonds. The number of nitrogens with zero attached hydrogens (tertiary/aromatic N) is 2. The number of hydrogen-bond acceptors (Lipinski definition) is 4. The van der Waals surface area contributed by atoms with Crippen molar-refractivity contribution in [3.63, 3.8) is 0 Å². The quantitative estimate of drug-likeness (QED) is 0.912. The fourth-order valence-corrected chi connectivity index (χ4v) is 3.89. The van der Waals surface area contributed by atoms with Crippen LogP contribution < -0.4 is 5.32 Å². The third-order valence-electron chi connectivity index (χ3n) is 4.02. The zero-order valence-electron chi connectivity index (χ0n) is 12.0. The minimum absolute atomic E-state index is 0.114. The highest BCUT2D eigenvalue weighted by Gasteiger charge is 2.35. The van der Waals surface area contributed by atoms with Gasteiger partial charge in [0.1, 0.15) is 5.01 Å². The van der Waals surface area contributed by atoms with Gasteiger partial charge in [0.25, 0.3) is 0 Å². The van der Waals surface area contributed by atoms with E-state index in [1.54, 1.807) is 0 Å². The van der Waals surface area contributed by atoms with E-state index >= 15 is 0 Å². The Morgan fingerprint density at radius 3 is 2.72 bits per heavy atom. The molecule has 1 atom stereocenters. The first-order valence-corrected chi connectivity index (χ1v) is 7.77.